The van der Waals surface area contributed by atoms with E-state index in [1.54, 1.807) is 0 Å². The summed E-state index contributed by atoms with van der Waals surface area (Å²) in [5.41, 5.74) is 19.5. The van der Waals surface area contributed by atoms with Crippen LogP contribution < -0.4 is 9.80 Å². The Kier molecular flexibility index (Phi) is 5.86. The van der Waals surface area contributed by atoms with E-state index in [9.17, 15) is 0 Å². The molecule has 2 heteroatoms. The van der Waals surface area contributed by atoms with E-state index in [1.807, 2.05) is 0 Å². The molecule has 2 aliphatic carbocycles. The molecule has 1 aliphatic heterocycles. The largest absolute Gasteiger partial charge is 0.370 e. The number of fused-ring (bicyclic) bond motifs is 12. The molecule has 0 amide bonds. The molecular formula is C46H34N2. The maximum atomic E-state index is 2.43. The quantitative estimate of drug-likeness (QED) is 0.195. The summed E-state index contributed by atoms with van der Waals surface area (Å²) in [7, 11) is 2.22. The Balaban J connectivity index is 1.04. The minimum atomic E-state index is -0.300. The van der Waals surface area contributed by atoms with Gasteiger partial charge in [0.25, 0.3) is 0 Å². The first-order valence-electron chi connectivity index (χ1n) is 16.9. The van der Waals surface area contributed by atoms with Gasteiger partial charge in [0.05, 0.1) is 5.41 Å². The fourth-order valence-corrected chi connectivity index (χ4v) is 8.85. The number of nitrogens with zero attached hydrogens (tertiary/aromatic N) is 2. The number of para-hydroxylation sites is 2. The lowest BCUT2D eigenvalue weighted by atomic mass is 9.70. The summed E-state index contributed by atoms with van der Waals surface area (Å²) in [4.78, 5) is 4.82. The van der Waals surface area contributed by atoms with Crippen LogP contribution in [0.3, 0.4) is 0 Å². The average Bonchev–Trinajstić information content (AvgIpc) is 3.61. The van der Waals surface area contributed by atoms with E-state index < -0.39 is 0 Å². The van der Waals surface area contributed by atoms with Crippen LogP contribution in [0.4, 0.5) is 22.7 Å². The smallest absolute Gasteiger partial charge is 0.0725 e. The van der Waals surface area contributed by atoms with Crippen LogP contribution in [-0.2, 0) is 18.4 Å². The third-order valence-corrected chi connectivity index (χ3v) is 10.9. The van der Waals surface area contributed by atoms with Crippen LogP contribution in [-0.4, -0.2) is 7.05 Å². The van der Waals surface area contributed by atoms with Crippen molar-refractivity contribution in [2.24, 2.45) is 0 Å². The Morgan fingerprint density at radius 2 is 1.02 bits per heavy atom. The molecule has 2 nitrogen and oxygen atoms in total. The first-order chi connectivity index (χ1) is 23.7. The highest BCUT2D eigenvalue weighted by molar-refractivity contribution is 5.95. The van der Waals surface area contributed by atoms with E-state index in [0.29, 0.717) is 0 Å². The van der Waals surface area contributed by atoms with Gasteiger partial charge in [-0.3, -0.25) is 0 Å². The third kappa shape index (κ3) is 3.74. The second-order valence-corrected chi connectivity index (χ2v) is 13.4. The fourth-order valence-electron chi connectivity index (χ4n) is 8.85. The molecule has 0 atom stereocenters. The van der Waals surface area contributed by atoms with Crippen molar-refractivity contribution in [3.05, 3.63) is 203 Å². The van der Waals surface area contributed by atoms with Crippen molar-refractivity contribution < 1.29 is 0 Å². The van der Waals surface area contributed by atoms with Gasteiger partial charge in [-0.05, 0) is 97.6 Å². The van der Waals surface area contributed by atoms with Crippen molar-refractivity contribution in [1.29, 1.82) is 0 Å². The highest BCUT2D eigenvalue weighted by Gasteiger charge is 2.51. The van der Waals surface area contributed by atoms with E-state index >= 15 is 0 Å². The second-order valence-electron chi connectivity index (χ2n) is 13.4. The third-order valence-electron chi connectivity index (χ3n) is 10.9. The molecule has 7 aromatic carbocycles. The molecule has 1 heterocycles. The van der Waals surface area contributed by atoms with Gasteiger partial charge in [0.15, 0.2) is 0 Å². The van der Waals surface area contributed by atoms with Crippen LogP contribution in [0.1, 0.15) is 38.9 Å². The zero-order chi connectivity index (χ0) is 31.8. The fraction of sp³-hybridized carbons (Fsp3) is 0.0870. The van der Waals surface area contributed by atoms with Crippen LogP contribution in [0, 0.1) is 0 Å². The number of benzene rings is 7. The highest BCUT2D eigenvalue weighted by Crippen LogP contribution is 2.63. The molecule has 228 valence electrons. The molecule has 0 aromatic heterocycles. The maximum Gasteiger partial charge on any atom is 0.0725 e. The average molecular weight is 615 g/mol. The summed E-state index contributed by atoms with van der Waals surface area (Å²) in [6.45, 7) is 0.808. The first-order valence-corrected chi connectivity index (χ1v) is 16.9. The molecule has 1 spiro atoms. The minimum Gasteiger partial charge on any atom is -0.370 e. The van der Waals surface area contributed by atoms with Crippen molar-refractivity contribution >= 4 is 22.7 Å². The summed E-state index contributed by atoms with van der Waals surface area (Å²) in [5.74, 6) is 0. The standard InChI is InChI=1S/C46H34N2/c1-47(30-31-13-12-16-35(27-31)48-44-23-10-2-14-32(44)28-33-15-3-11-24-45(33)48)34-25-26-43-39(29-34)38-19-6-9-22-42(38)46(43)40-20-7-4-17-36(40)37-18-5-8-21-41(37)46/h2-27,29H,28,30H2,1H3. The highest BCUT2D eigenvalue weighted by atomic mass is 15.2. The maximum absolute atomic E-state index is 2.43. The summed E-state index contributed by atoms with van der Waals surface area (Å²) in [5, 5.41) is 0. The molecule has 7 aromatic rings. The zero-order valence-electron chi connectivity index (χ0n) is 26.9. The van der Waals surface area contributed by atoms with Gasteiger partial charge in [0.1, 0.15) is 0 Å². The van der Waals surface area contributed by atoms with Crippen molar-refractivity contribution in [1.82, 2.24) is 0 Å². The monoisotopic (exact) mass is 614 g/mol. The number of anilines is 4. The van der Waals surface area contributed by atoms with Crippen molar-refractivity contribution in [3.8, 4) is 22.3 Å². The molecule has 0 unspecified atom stereocenters. The Hall–Kier alpha value is -5.86. The van der Waals surface area contributed by atoms with Crippen LogP contribution in [0.15, 0.2) is 164 Å². The topological polar surface area (TPSA) is 6.48 Å². The van der Waals surface area contributed by atoms with E-state index in [2.05, 4.69) is 181 Å². The minimum absolute atomic E-state index is 0.300. The van der Waals surface area contributed by atoms with Crippen LogP contribution in [0.25, 0.3) is 22.3 Å². The lowest BCUT2D eigenvalue weighted by Crippen LogP contribution is -2.26. The number of rotatable bonds is 4. The van der Waals surface area contributed by atoms with Crippen molar-refractivity contribution in [2.45, 2.75) is 18.4 Å². The predicted octanol–water partition coefficient (Wildman–Crippen LogP) is 11.0. The van der Waals surface area contributed by atoms with Gasteiger partial charge in [-0.2, -0.15) is 0 Å². The molecule has 0 saturated carbocycles. The molecule has 3 aliphatic rings. The summed E-state index contributed by atoms with van der Waals surface area (Å²) in [6, 6.07) is 60.9. The molecule has 0 fully saturated rings. The molecular weight excluding hydrogens is 581 g/mol. The SMILES string of the molecule is CN(Cc1cccc(N2c3ccccc3Cc3ccccc32)c1)c1ccc2c(c1)-c1ccccc1C21c2ccccc2-c2ccccc21. The Bertz CT molecular complexity index is 2310. The van der Waals surface area contributed by atoms with Crippen molar-refractivity contribution in [2.75, 3.05) is 16.8 Å². The summed E-state index contributed by atoms with van der Waals surface area (Å²) in [6.07, 6.45) is 0.963. The normalized spacial score (nSPS) is 14.1. The molecule has 0 N–H and O–H groups in total. The van der Waals surface area contributed by atoms with Gasteiger partial charge in [-0.1, -0.05) is 127 Å². The van der Waals surface area contributed by atoms with Crippen LogP contribution in [0.2, 0.25) is 0 Å². The zero-order valence-corrected chi connectivity index (χ0v) is 26.9. The van der Waals surface area contributed by atoms with E-state index in [-0.39, 0.29) is 5.41 Å². The van der Waals surface area contributed by atoms with Crippen LogP contribution in [0.5, 0.6) is 0 Å². The Morgan fingerprint density at radius 1 is 0.500 bits per heavy atom. The van der Waals surface area contributed by atoms with Gasteiger partial charge >= 0.3 is 0 Å². The molecule has 48 heavy (non-hydrogen) atoms. The first kappa shape index (κ1) is 27.3. The van der Waals surface area contributed by atoms with Crippen molar-refractivity contribution in [3.63, 3.8) is 0 Å². The van der Waals surface area contributed by atoms with Gasteiger partial charge in [0, 0.05) is 42.8 Å². The molecule has 0 radical (unpaired) electrons. The summed E-state index contributed by atoms with van der Waals surface area (Å²) < 4.78 is 0. The van der Waals surface area contributed by atoms with E-state index in [0.717, 1.165) is 13.0 Å². The predicted molar refractivity (Wildman–Crippen MR) is 199 cm³/mol. The van der Waals surface area contributed by atoms with Gasteiger partial charge < -0.3 is 9.80 Å². The Morgan fingerprint density at radius 3 is 1.65 bits per heavy atom. The molecule has 0 bridgehead atoms. The van der Waals surface area contributed by atoms with E-state index in [1.165, 1.54) is 83.9 Å². The van der Waals surface area contributed by atoms with Crippen LogP contribution >= 0.6 is 0 Å². The van der Waals surface area contributed by atoms with E-state index in [4.69, 9.17) is 0 Å². The lowest BCUT2D eigenvalue weighted by Gasteiger charge is -2.34. The van der Waals surface area contributed by atoms with Gasteiger partial charge in [-0.25, -0.2) is 0 Å². The summed E-state index contributed by atoms with van der Waals surface area (Å²) >= 11 is 0. The Labute approximate surface area is 282 Å². The second kappa shape index (κ2) is 10.3. The number of hydrogen-bond acceptors (Lipinski definition) is 2. The molecule has 0 saturated heterocycles. The van der Waals surface area contributed by atoms with Gasteiger partial charge in [0.2, 0.25) is 0 Å². The molecule has 10 rings (SSSR count). The number of hydrogen-bond donors (Lipinski definition) is 0. The van der Waals surface area contributed by atoms with Gasteiger partial charge in [-0.15, -0.1) is 0 Å². The lowest BCUT2D eigenvalue weighted by molar-refractivity contribution is 0.793.